The largest absolute Gasteiger partial charge is 0.494 e. The number of hydrogen-bond donors (Lipinski definition) is 3. The van der Waals surface area contributed by atoms with Crippen LogP contribution in [0.5, 0.6) is 5.75 Å². The number of fused-ring (bicyclic) bond motifs is 1. The van der Waals surface area contributed by atoms with Gasteiger partial charge in [0.25, 0.3) is 0 Å². The highest BCUT2D eigenvalue weighted by Gasteiger charge is 2.19. The Balaban J connectivity index is 1.36. The Kier molecular flexibility index (Phi) is 6.48. The minimum absolute atomic E-state index is 0.440. The molecule has 2 fully saturated rings. The fraction of sp³-hybridized carbons (Fsp3) is 0.542. The Morgan fingerprint density at radius 2 is 1.91 bits per heavy atom. The zero-order valence-corrected chi connectivity index (χ0v) is 19.6. The molecule has 3 heterocycles. The van der Waals surface area contributed by atoms with Crippen LogP contribution in [0.25, 0.3) is 11.2 Å². The van der Waals surface area contributed by atoms with E-state index < -0.39 is 0 Å². The highest BCUT2D eigenvalue weighted by molar-refractivity contribution is 5.84. The highest BCUT2D eigenvalue weighted by Crippen LogP contribution is 2.33. The van der Waals surface area contributed by atoms with Gasteiger partial charge < -0.3 is 30.2 Å². The fourth-order valence-electron chi connectivity index (χ4n) is 4.86. The first-order chi connectivity index (χ1) is 16.2. The molecule has 1 saturated carbocycles. The summed E-state index contributed by atoms with van der Waals surface area (Å²) in [5.41, 5.74) is 3.51. The van der Waals surface area contributed by atoms with Gasteiger partial charge in [0, 0.05) is 44.0 Å². The lowest BCUT2D eigenvalue weighted by Gasteiger charge is -2.35. The molecular weight excluding hydrogens is 416 g/mol. The summed E-state index contributed by atoms with van der Waals surface area (Å²) in [4.78, 5) is 21.9. The lowest BCUT2D eigenvalue weighted by atomic mass is 9.95. The van der Waals surface area contributed by atoms with Crippen molar-refractivity contribution in [2.45, 2.75) is 45.1 Å². The number of methoxy groups -OCH3 is 1. The van der Waals surface area contributed by atoms with Gasteiger partial charge >= 0.3 is 0 Å². The molecule has 1 aliphatic carbocycles. The van der Waals surface area contributed by atoms with E-state index in [9.17, 15) is 0 Å². The van der Waals surface area contributed by atoms with E-state index in [1.54, 1.807) is 13.4 Å². The first kappa shape index (κ1) is 21.8. The van der Waals surface area contributed by atoms with Crippen LogP contribution in [0.1, 0.15) is 39.0 Å². The van der Waals surface area contributed by atoms with Gasteiger partial charge in [-0.3, -0.25) is 0 Å². The second-order valence-electron chi connectivity index (χ2n) is 8.91. The Morgan fingerprint density at radius 3 is 2.67 bits per heavy atom. The second kappa shape index (κ2) is 9.82. The monoisotopic (exact) mass is 450 g/mol. The SMILES string of the molecule is CCN1CCN(c2ccc(Nc3nc(NC4CCCCC4)c4[nH]cnc4n3)c(OC)c2)CC1. The van der Waals surface area contributed by atoms with Crippen LogP contribution in [0.4, 0.5) is 23.1 Å². The lowest BCUT2D eigenvalue weighted by Crippen LogP contribution is -2.46. The maximum atomic E-state index is 5.72. The van der Waals surface area contributed by atoms with Crippen LogP contribution in [0, 0.1) is 0 Å². The molecule has 3 N–H and O–H groups in total. The van der Waals surface area contributed by atoms with Crippen molar-refractivity contribution in [3.05, 3.63) is 24.5 Å². The van der Waals surface area contributed by atoms with Gasteiger partial charge in [0.1, 0.15) is 11.3 Å². The molecule has 0 bridgehead atoms. The summed E-state index contributed by atoms with van der Waals surface area (Å²) < 4.78 is 5.72. The first-order valence-corrected chi connectivity index (χ1v) is 12.1. The maximum Gasteiger partial charge on any atom is 0.231 e. The summed E-state index contributed by atoms with van der Waals surface area (Å²) in [6.07, 6.45) is 7.85. The maximum absolute atomic E-state index is 5.72. The zero-order valence-electron chi connectivity index (χ0n) is 19.6. The van der Waals surface area contributed by atoms with Crippen molar-refractivity contribution < 1.29 is 4.74 Å². The van der Waals surface area contributed by atoms with Crippen molar-refractivity contribution in [1.82, 2.24) is 24.8 Å². The van der Waals surface area contributed by atoms with Crippen LogP contribution in [0.15, 0.2) is 24.5 Å². The normalized spacial score (nSPS) is 17.9. The number of H-pyrrole nitrogens is 1. The quantitative estimate of drug-likeness (QED) is 0.497. The predicted octanol–water partition coefficient (Wildman–Crippen LogP) is 3.99. The topological polar surface area (TPSA) is 94.2 Å². The first-order valence-electron chi connectivity index (χ1n) is 12.1. The molecule has 3 aromatic rings. The third-order valence-corrected chi connectivity index (χ3v) is 6.85. The van der Waals surface area contributed by atoms with Crippen molar-refractivity contribution in [1.29, 1.82) is 0 Å². The average molecular weight is 451 g/mol. The van der Waals surface area contributed by atoms with Gasteiger partial charge in [-0.2, -0.15) is 9.97 Å². The van der Waals surface area contributed by atoms with Crippen LogP contribution in [0.2, 0.25) is 0 Å². The van der Waals surface area contributed by atoms with E-state index in [2.05, 4.69) is 54.4 Å². The molecule has 0 unspecified atom stereocenters. The standard InChI is InChI=1S/C24H34N8O/c1-3-31-11-13-32(14-12-31)18-9-10-19(20(15-18)33-2)28-24-29-22-21(25-16-26-22)23(30-24)27-17-7-5-4-6-8-17/h9-10,15-17H,3-8,11-14H2,1-2H3,(H3,25,26,27,28,29,30). The van der Waals surface area contributed by atoms with Crippen LogP contribution in [-0.2, 0) is 0 Å². The molecule has 0 radical (unpaired) electrons. The second-order valence-corrected chi connectivity index (χ2v) is 8.91. The van der Waals surface area contributed by atoms with Gasteiger partial charge in [-0.05, 0) is 31.5 Å². The van der Waals surface area contributed by atoms with Gasteiger partial charge in [0.05, 0.1) is 19.1 Å². The van der Waals surface area contributed by atoms with E-state index in [1.807, 2.05) is 6.07 Å². The molecule has 176 valence electrons. The number of piperazine rings is 1. The van der Waals surface area contributed by atoms with Gasteiger partial charge in [-0.15, -0.1) is 0 Å². The predicted molar refractivity (Wildman–Crippen MR) is 133 cm³/mol. The molecule has 2 aromatic heterocycles. The minimum atomic E-state index is 0.440. The highest BCUT2D eigenvalue weighted by atomic mass is 16.5. The molecule has 1 aliphatic heterocycles. The number of hydrogen-bond acceptors (Lipinski definition) is 8. The number of nitrogens with zero attached hydrogens (tertiary/aromatic N) is 5. The van der Waals surface area contributed by atoms with Crippen molar-refractivity contribution in [2.24, 2.45) is 0 Å². The van der Waals surface area contributed by atoms with E-state index in [0.29, 0.717) is 17.6 Å². The number of aromatic amines is 1. The lowest BCUT2D eigenvalue weighted by molar-refractivity contribution is 0.271. The number of ether oxygens (including phenoxy) is 1. The van der Waals surface area contributed by atoms with Crippen molar-refractivity contribution in [2.75, 3.05) is 55.4 Å². The van der Waals surface area contributed by atoms with Crippen LogP contribution in [0.3, 0.4) is 0 Å². The van der Waals surface area contributed by atoms with Gasteiger partial charge in [0.2, 0.25) is 5.95 Å². The number of aromatic nitrogens is 4. The molecular formula is C24H34N8O. The number of benzene rings is 1. The van der Waals surface area contributed by atoms with Crippen LogP contribution in [-0.4, -0.2) is 70.7 Å². The summed E-state index contributed by atoms with van der Waals surface area (Å²) >= 11 is 0. The van der Waals surface area contributed by atoms with Crippen molar-refractivity contribution >= 4 is 34.3 Å². The van der Waals surface area contributed by atoms with Gasteiger partial charge in [0.15, 0.2) is 11.5 Å². The smallest absolute Gasteiger partial charge is 0.231 e. The molecule has 5 rings (SSSR count). The molecule has 0 spiro atoms. The number of anilines is 4. The van der Waals surface area contributed by atoms with Gasteiger partial charge in [-0.25, -0.2) is 4.98 Å². The number of likely N-dealkylation sites (N-methyl/N-ethyl adjacent to an activating group) is 1. The molecule has 0 atom stereocenters. The van der Waals surface area contributed by atoms with Crippen LogP contribution >= 0.6 is 0 Å². The third kappa shape index (κ3) is 4.83. The minimum Gasteiger partial charge on any atom is -0.494 e. The molecule has 9 nitrogen and oxygen atoms in total. The Labute approximate surface area is 195 Å². The van der Waals surface area contributed by atoms with Crippen LogP contribution < -0.4 is 20.3 Å². The third-order valence-electron chi connectivity index (χ3n) is 6.85. The summed E-state index contributed by atoms with van der Waals surface area (Å²) in [5, 5.41) is 6.98. The Bertz CT molecular complexity index is 1070. The van der Waals surface area contributed by atoms with E-state index in [1.165, 1.54) is 37.8 Å². The fourth-order valence-corrected chi connectivity index (χ4v) is 4.86. The van der Waals surface area contributed by atoms with Crippen molar-refractivity contribution in [3.63, 3.8) is 0 Å². The molecule has 1 saturated heterocycles. The Morgan fingerprint density at radius 1 is 1.09 bits per heavy atom. The summed E-state index contributed by atoms with van der Waals surface area (Å²) in [6, 6.07) is 6.72. The zero-order chi connectivity index (χ0) is 22.6. The van der Waals surface area contributed by atoms with E-state index >= 15 is 0 Å². The van der Waals surface area contributed by atoms with E-state index in [0.717, 1.165) is 55.5 Å². The Hall–Kier alpha value is -3.07. The molecule has 1 aromatic carbocycles. The average Bonchev–Trinajstić information content (AvgIpc) is 3.34. The molecule has 9 heteroatoms. The summed E-state index contributed by atoms with van der Waals surface area (Å²) in [6.45, 7) is 7.56. The van der Waals surface area contributed by atoms with E-state index in [-0.39, 0.29) is 0 Å². The van der Waals surface area contributed by atoms with Crippen molar-refractivity contribution in [3.8, 4) is 5.75 Å². The number of nitrogens with one attached hydrogen (secondary N) is 3. The van der Waals surface area contributed by atoms with Gasteiger partial charge in [-0.1, -0.05) is 26.2 Å². The molecule has 0 amide bonds. The number of rotatable bonds is 7. The number of imidazole rings is 1. The summed E-state index contributed by atoms with van der Waals surface area (Å²) in [7, 11) is 1.70. The van der Waals surface area contributed by atoms with E-state index in [4.69, 9.17) is 9.72 Å². The molecule has 33 heavy (non-hydrogen) atoms. The summed E-state index contributed by atoms with van der Waals surface area (Å²) in [5.74, 6) is 2.09. The molecule has 2 aliphatic rings.